The predicted molar refractivity (Wildman–Crippen MR) is 69.5 cm³/mol. The van der Waals surface area contributed by atoms with Crippen LogP contribution in [0.5, 0.6) is 5.75 Å². The molecular formula is C12H9F3N4O4. The average molecular weight is 330 g/mol. The van der Waals surface area contributed by atoms with Crippen molar-refractivity contribution in [3.63, 3.8) is 0 Å². The molecule has 8 nitrogen and oxygen atoms in total. The molecule has 23 heavy (non-hydrogen) atoms. The van der Waals surface area contributed by atoms with E-state index in [0.717, 1.165) is 18.3 Å². The molecule has 0 spiro atoms. The minimum absolute atomic E-state index is 0.000368. The minimum Gasteiger partial charge on any atom is -0.406 e. The smallest absolute Gasteiger partial charge is 0.406 e. The maximum atomic E-state index is 12.0. The maximum absolute atomic E-state index is 12.0. The molecule has 2 N–H and O–H groups in total. The molecule has 0 unspecified atom stereocenters. The Balaban J connectivity index is 1.92. The molecule has 0 aliphatic rings. The van der Waals surface area contributed by atoms with Gasteiger partial charge in [0.15, 0.2) is 0 Å². The van der Waals surface area contributed by atoms with Crippen molar-refractivity contribution >= 4 is 11.7 Å². The Morgan fingerprint density at radius 3 is 2.52 bits per heavy atom. The van der Waals surface area contributed by atoms with Crippen LogP contribution in [0.15, 0.2) is 30.5 Å². The van der Waals surface area contributed by atoms with E-state index in [1.807, 2.05) is 0 Å². The zero-order chi connectivity index (χ0) is 17.0. The number of amides is 1. The molecule has 122 valence electrons. The fraction of sp³-hybridized carbons (Fsp3) is 0.167. The van der Waals surface area contributed by atoms with Crippen LogP contribution < -0.4 is 10.1 Å². The summed E-state index contributed by atoms with van der Waals surface area (Å²) < 4.78 is 39.7. The number of aromatic amines is 1. The summed E-state index contributed by atoms with van der Waals surface area (Å²) >= 11 is 0. The molecule has 0 bridgehead atoms. The molecule has 0 atom stereocenters. The molecule has 0 aliphatic carbocycles. The summed E-state index contributed by atoms with van der Waals surface area (Å²) in [4.78, 5) is 27.2. The summed E-state index contributed by atoms with van der Waals surface area (Å²) in [7, 11) is 0. The zero-order valence-corrected chi connectivity index (χ0v) is 11.3. The van der Waals surface area contributed by atoms with E-state index in [9.17, 15) is 28.1 Å². The van der Waals surface area contributed by atoms with E-state index in [0.29, 0.717) is 5.56 Å². The Kier molecular flexibility index (Phi) is 4.48. The number of rotatable bonds is 5. The Morgan fingerprint density at radius 2 is 2.00 bits per heavy atom. The van der Waals surface area contributed by atoms with Crippen molar-refractivity contribution in [2.45, 2.75) is 12.9 Å². The predicted octanol–water partition coefficient (Wildman–Crippen LogP) is 2.15. The van der Waals surface area contributed by atoms with Crippen molar-refractivity contribution in [1.29, 1.82) is 0 Å². The Hall–Kier alpha value is -3.11. The van der Waals surface area contributed by atoms with E-state index >= 15 is 0 Å². The van der Waals surface area contributed by atoms with E-state index in [1.165, 1.54) is 12.1 Å². The third-order valence-electron chi connectivity index (χ3n) is 2.58. The van der Waals surface area contributed by atoms with Crippen LogP contribution >= 0.6 is 0 Å². The summed E-state index contributed by atoms with van der Waals surface area (Å²) in [5.41, 5.74) is 0.508. The number of nitrogens with zero attached hydrogens (tertiary/aromatic N) is 2. The lowest BCUT2D eigenvalue weighted by atomic mass is 10.2. The van der Waals surface area contributed by atoms with Crippen molar-refractivity contribution < 1.29 is 27.6 Å². The van der Waals surface area contributed by atoms with Gasteiger partial charge in [-0.3, -0.25) is 4.79 Å². The molecule has 0 saturated carbocycles. The highest BCUT2D eigenvalue weighted by atomic mass is 19.4. The lowest BCUT2D eigenvalue weighted by Crippen LogP contribution is -2.24. The first-order chi connectivity index (χ1) is 10.7. The van der Waals surface area contributed by atoms with Crippen molar-refractivity contribution in [3.8, 4) is 5.75 Å². The summed E-state index contributed by atoms with van der Waals surface area (Å²) in [6.45, 7) is -0.000368. The number of nitro groups is 1. The molecule has 2 rings (SSSR count). The normalized spacial score (nSPS) is 11.1. The van der Waals surface area contributed by atoms with Gasteiger partial charge in [0.25, 0.3) is 5.82 Å². The van der Waals surface area contributed by atoms with Crippen molar-refractivity contribution in [1.82, 2.24) is 15.3 Å². The molecule has 1 heterocycles. The molecule has 0 aliphatic heterocycles. The highest BCUT2D eigenvalue weighted by Gasteiger charge is 2.30. The van der Waals surface area contributed by atoms with Gasteiger partial charge < -0.3 is 20.2 Å². The van der Waals surface area contributed by atoms with Crippen LogP contribution in [-0.4, -0.2) is 27.2 Å². The number of benzene rings is 1. The third kappa shape index (κ3) is 4.69. The Labute approximate surface area is 126 Å². The van der Waals surface area contributed by atoms with E-state index in [-0.39, 0.29) is 18.1 Å². The summed E-state index contributed by atoms with van der Waals surface area (Å²) in [6.07, 6.45) is -3.87. The fourth-order valence-electron chi connectivity index (χ4n) is 1.59. The first-order valence-corrected chi connectivity index (χ1v) is 6.07. The van der Waals surface area contributed by atoms with Gasteiger partial charge in [0.05, 0.1) is 0 Å². The molecule has 1 amide bonds. The van der Waals surface area contributed by atoms with Crippen LogP contribution in [0.3, 0.4) is 0 Å². The van der Waals surface area contributed by atoms with Crippen LogP contribution in [0.1, 0.15) is 16.2 Å². The van der Waals surface area contributed by atoms with Crippen LogP contribution in [0, 0.1) is 10.1 Å². The van der Waals surface area contributed by atoms with Gasteiger partial charge in [-0.15, -0.1) is 13.2 Å². The standard InChI is InChI=1S/C12H9F3N4O4/c13-12(14,15)23-8-3-1-7(2-4-8)5-17-11(20)10-16-6-9(18-10)19(21)22/h1-4,6H,5H2,(H,16,18)(H,17,20). The second-order valence-electron chi connectivity index (χ2n) is 4.25. The van der Waals surface area contributed by atoms with Gasteiger partial charge in [-0.2, -0.15) is 0 Å². The zero-order valence-electron chi connectivity index (χ0n) is 11.3. The fourth-order valence-corrected chi connectivity index (χ4v) is 1.59. The van der Waals surface area contributed by atoms with Crippen molar-refractivity contribution in [2.24, 2.45) is 0 Å². The Bertz CT molecular complexity index is 712. The van der Waals surface area contributed by atoms with Gasteiger partial charge in [0, 0.05) is 6.54 Å². The maximum Gasteiger partial charge on any atom is 0.573 e. The van der Waals surface area contributed by atoms with Crippen molar-refractivity contribution in [3.05, 3.63) is 52.0 Å². The molecule has 0 saturated heterocycles. The van der Waals surface area contributed by atoms with E-state index in [1.54, 1.807) is 0 Å². The number of carbonyl (C=O) groups excluding carboxylic acids is 1. The molecule has 2 aromatic rings. The average Bonchev–Trinajstić information content (AvgIpc) is 2.94. The molecule has 11 heteroatoms. The minimum atomic E-state index is -4.77. The van der Waals surface area contributed by atoms with Gasteiger partial charge in [0.1, 0.15) is 11.9 Å². The number of H-pyrrole nitrogens is 1. The van der Waals surface area contributed by atoms with Crippen LogP contribution in [-0.2, 0) is 6.54 Å². The van der Waals surface area contributed by atoms with Gasteiger partial charge in [-0.25, -0.2) is 9.97 Å². The van der Waals surface area contributed by atoms with Gasteiger partial charge in [-0.05, 0) is 22.6 Å². The number of carbonyl (C=O) groups is 1. The number of nitrogens with one attached hydrogen (secondary N) is 2. The summed E-state index contributed by atoms with van der Waals surface area (Å²) in [5, 5.41) is 12.9. The van der Waals surface area contributed by atoms with Gasteiger partial charge in [-0.1, -0.05) is 12.1 Å². The highest BCUT2D eigenvalue weighted by Crippen LogP contribution is 2.22. The number of hydrogen-bond acceptors (Lipinski definition) is 5. The number of aromatic nitrogens is 2. The second kappa shape index (κ2) is 6.34. The van der Waals surface area contributed by atoms with E-state index < -0.39 is 23.0 Å². The topological polar surface area (TPSA) is 110 Å². The summed E-state index contributed by atoms with van der Waals surface area (Å²) in [6, 6.07) is 4.89. The van der Waals surface area contributed by atoms with E-state index in [4.69, 9.17) is 0 Å². The second-order valence-corrected chi connectivity index (χ2v) is 4.25. The first-order valence-electron chi connectivity index (χ1n) is 6.07. The monoisotopic (exact) mass is 330 g/mol. The number of imidazole rings is 1. The van der Waals surface area contributed by atoms with Crippen LogP contribution in [0.2, 0.25) is 0 Å². The van der Waals surface area contributed by atoms with E-state index in [2.05, 4.69) is 20.0 Å². The van der Waals surface area contributed by atoms with Gasteiger partial charge >= 0.3 is 18.1 Å². The van der Waals surface area contributed by atoms with Crippen LogP contribution in [0.25, 0.3) is 0 Å². The first kappa shape index (κ1) is 16.3. The number of ether oxygens (including phenoxy) is 1. The van der Waals surface area contributed by atoms with Crippen LogP contribution in [0.4, 0.5) is 19.0 Å². The van der Waals surface area contributed by atoms with Crippen molar-refractivity contribution in [2.75, 3.05) is 0 Å². The largest absolute Gasteiger partial charge is 0.573 e. The third-order valence-corrected chi connectivity index (χ3v) is 2.58. The molecule has 0 radical (unpaired) electrons. The molecule has 1 aromatic carbocycles. The number of halogens is 3. The summed E-state index contributed by atoms with van der Waals surface area (Å²) in [5.74, 6) is -1.74. The number of hydrogen-bond donors (Lipinski definition) is 2. The lowest BCUT2D eigenvalue weighted by Gasteiger charge is -2.09. The highest BCUT2D eigenvalue weighted by molar-refractivity contribution is 5.90. The molecule has 0 fully saturated rings. The SMILES string of the molecule is O=C(NCc1ccc(OC(F)(F)F)cc1)c1ncc([N+](=O)[O-])[nH]1. The Morgan fingerprint density at radius 1 is 1.35 bits per heavy atom. The quantitative estimate of drug-likeness (QED) is 0.645. The van der Waals surface area contributed by atoms with Gasteiger partial charge in [0.2, 0.25) is 0 Å². The number of alkyl halides is 3. The molecular weight excluding hydrogens is 321 g/mol. The molecule has 1 aromatic heterocycles. The lowest BCUT2D eigenvalue weighted by molar-refractivity contribution is -0.389.